The molecule has 6 heteroatoms. The van der Waals surface area contributed by atoms with E-state index in [-0.39, 0.29) is 30.2 Å². The number of rotatable bonds is 5. The van der Waals surface area contributed by atoms with Crippen molar-refractivity contribution in [3.63, 3.8) is 0 Å². The molecule has 1 heterocycles. The van der Waals surface area contributed by atoms with Crippen LogP contribution >= 0.6 is 0 Å². The first-order valence-corrected chi connectivity index (χ1v) is 8.32. The monoisotopic (exact) mass is 334 g/mol. The van der Waals surface area contributed by atoms with E-state index in [1.54, 1.807) is 38.1 Å². The maximum Gasteiger partial charge on any atom is 0.338 e. The largest absolute Gasteiger partial charge is 0.459 e. The molecule has 1 aromatic rings. The quantitative estimate of drug-likeness (QED) is 0.837. The number of benzene rings is 1. The summed E-state index contributed by atoms with van der Waals surface area (Å²) >= 11 is 0. The van der Waals surface area contributed by atoms with Gasteiger partial charge in [-0.05, 0) is 52.0 Å². The van der Waals surface area contributed by atoms with Gasteiger partial charge in [-0.15, -0.1) is 0 Å². The highest BCUT2D eigenvalue weighted by Gasteiger charge is 2.23. The van der Waals surface area contributed by atoms with Crippen LogP contribution in [0.3, 0.4) is 0 Å². The van der Waals surface area contributed by atoms with Crippen LogP contribution in [0.5, 0.6) is 0 Å². The van der Waals surface area contributed by atoms with Gasteiger partial charge in [0.2, 0.25) is 5.91 Å². The Morgan fingerprint density at radius 1 is 1.21 bits per heavy atom. The van der Waals surface area contributed by atoms with E-state index in [0.717, 1.165) is 13.1 Å². The highest BCUT2D eigenvalue weighted by Crippen LogP contribution is 2.13. The van der Waals surface area contributed by atoms with Crippen molar-refractivity contribution in [3.8, 4) is 0 Å². The van der Waals surface area contributed by atoms with Crippen molar-refractivity contribution in [2.45, 2.75) is 46.0 Å². The second-order valence-corrected chi connectivity index (χ2v) is 6.53. The van der Waals surface area contributed by atoms with Crippen molar-refractivity contribution in [1.29, 1.82) is 0 Å². The molecule has 0 radical (unpaired) electrons. The third-order valence-corrected chi connectivity index (χ3v) is 3.61. The van der Waals surface area contributed by atoms with Crippen LogP contribution in [0.2, 0.25) is 0 Å². The molecule has 0 saturated carbocycles. The summed E-state index contributed by atoms with van der Waals surface area (Å²) in [5, 5.41) is 2.85. The molecule has 132 valence electrons. The zero-order valence-corrected chi connectivity index (χ0v) is 14.7. The zero-order valence-electron chi connectivity index (χ0n) is 14.7. The van der Waals surface area contributed by atoms with Crippen LogP contribution in [0.15, 0.2) is 24.3 Å². The van der Waals surface area contributed by atoms with E-state index in [9.17, 15) is 9.59 Å². The lowest BCUT2D eigenvalue weighted by atomic mass is 10.2. The van der Waals surface area contributed by atoms with Gasteiger partial charge in [-0.1, -0.05) is 0 Å². The van der Waals surface area contributed by atoms with Gasteiger partial charge in [0, 0.05) is 18.8 Å². The minimum absolute atomic E-state index is 0.0752. The van der Waals surface area contributed by atoms with Crippen molar-refractivity contribution in [2.75, 3.05) is 25.0 Å². The Morgan fingerprint density at radius 3 is 2.33 bits per heavy atom. The first-order chi connectivity index (χ1) is 11.3. The van der Waals surface area contributed by atoms with Gasteiger partial charge in [-0.2, -0.15) is 0 Å². The Hall–Kier alpha value is -1.92. The van der Waals surface area contributed by atoms with Gasteiger partial charge in [0.25, 0.3) is 0 Å². The number of anilines is 1. The van der Waals surface area contributed by atoms with E-state index >= 15 is 0 Å². The van der Waals surface area contributed by atoms with Crippen molar-refractivity contribution >= 4 is 17.6 Å². The molecule has 0 aliphatic carbocycles. The first kappa shape index (κ1) is 18.4. The lowest BCUT2D eigenvalue weighted by Gasteiger charge is -2.34. The molecule has 24 heavy (non-hydrogen) atoms. The van der Waals surface area contributed by atoms with Gasteiger partial charge < -0.3 is 14.8 Å². The highest BCUT2D eigenvalue weighted by molar-refractivity contribution is 5.94. The number of morpholine rings is 1. The second-order valence-electron chi connectivity index (χ2n) is 6.53. The van der Waals surface area contributed by atoms with Crippen molar-refractivity contribution in [3.05, 3.63) is 29.8 Å². The molecule has 1 amide bonds. The molecule has 6 nitrogen and oxygen atoms in total. The van der Waals surface area contributed by atoms with Gasteiger partial charge in [0.15, 0.2) is 0 Å². The number of esters is 1. The molecule has 1 N–H and O–H groups in total. The highest BCUT2D eigenvalue weighted by atomic mass is 16.5. The van der Waals surface area contributed by atoms with Crippen molar-refractivity contribution < 1.29 is 19.1 Å². The van der Waals surface area contributed by atoms with Gasteiger partial charge in [-0.25, -0.2) is 4.79 Å². The van der Waals surface area contributed by atoms with Crippen molar-refractivity contribution in [2.24, 2.45) is 0 Å². The molecule has 1 aliphatic heterocycles. The summed E-state index contributed by atoms with van der Waals surface area (Å²) in [6.07, 6.45) is 0.107. The lowest BCUT2D eigenvalue weighted by Crippen LogP contribution is -2.48. The van der Waals surface area contributed by atoms with Crippen LogP contribution in [0.1, 0.15) is 38.1 Å². The van der Waals surface area contributed by atoms with E-state index in [0.29, 0.717) is 17.8 Å². The fourth-order valence-electron chi connectivity index (χ4n) is 2.79. The first-order valence-electron chi connectivity index (χ1n) is 8.32. The molecule has 1 aromatic carbocycles. The topological polar surface area (TPSA) is 67.9 Å². The number of nitrogens with one attached hydrogen (secondary N) is 1. The Morgan fingerprint density at radius 2 is 1.79 bits per heavy atom. The summed E-state index contributed by atoms with van der Waals surface area (Å²) in [4.78, 5) is 26.0. The molecule has 0 unspecified atom stereocenters. The number of hydrogen-bond donors (Lipinski definition) is 1. The summed E-state index contributed by atoms with van der Waals surface area (Å²) < 4.78 is 10.8. The minimum atomic E-state index is -0.362. The molecular formula is C18H26N2O4. The SMILES string of the molecule is CC(C)OC(=O)c1ccc(NC(=O)CN2C[C@@H](C)O[C@H](C)C2)cc1. The number of ether oxygens (including phenoxy) is 2. The zero-order chi connectivity index (χ0) is 17.7. The fraction of sp³-hybridized carbons (Fsp3) is 0.556. The second kappa shape index (κ2) is 8.26. The number of carbonyl (C=O) groups is 2. The molecule has 1 fully saturated rings. The molecule has 2 atom stereocenters. The van der Waals surface area contributed by atoms with Crippen LogP contribution in [0.4, 0.5) is 5.69 Å². The summed E-state index contributed by atoms with van der Waals surface area (Å²) in [5.74, 6) is -0.437. The van der Waals surface area contributed by atoms with Gasteiger partial charge >= 0.3 is 5.97 Å². The van der Waals surface area contributed by atoms with Gasteiger partial charge in [-0.3, -0.25) is 9.69 Å². The molecule has 2 rings (SSSR count). The van der Waals surface area contributed by atoms with Crippen LogP contribution in [-0.2, 0) is 14.3 Å². The molecule has 0 spiro atoms. The number of hydrogen-bond acceptors (Lipinski definition) is 5. The predicted octanol–water partition coefficient (Wildman–Crippen LogP) is 2.30. The van der Waals surface area contributed by atoms with Crippen LogP contribution in [0, 0.1) is 0 Å². The van der Waals surface area contributed by atoms with Crippen LogP contribution in [-0.4, -0.2) is 54.7 Å². The fourth-order valence-corrected chi connectivity index (χ4v) is 2.79. The van der Waals surface area contributed by atoms with Gasteiger partial charge in [0.1, 0.15) is 0 Å². The molecular weight excluding hydrogens is 308 g/mol. The van der Waals surface area contributed by atoms with E-state index < -0.39 is 0 Å². The summed E-state index contributed by atoms with van der Waals surface area (Å²) in [6, 6.07) is 6.72. The molecule has 1 saturated heterocycles. The summed E-state index contributed by atoms with van der Waals surface area (Å²) in [7, 11) is 0. The standard InChI is InChI=1S/C18H26N2O4/c1-12(2)23-18(22)15-5-7-16(8-6-15)19-17(21)11-20-9-13(3)24-14(4)10-20/h5-8,12-14H,9-11H2,1-4H3,(H,19,21)/t13-,14-/m1/s1. The molecule has 1 aliphatic rings. The van der Waals surface area contributed by atoms with Crippen LogP contribution in [0.25, 0.3) is 0 Å². The van der Waals surface area contributed by atoms with E-state index in [2.05, 4.69) is 10.2 Å². The Labute approximate surface area is 143 Å². The average Bonchev–Trinajstić information content (AvgIpc) is 2.45. The number of carbonyl (C=O) groups excluding carboxylic acids is 2. The van der Waals surface area contributed by atoms with E-state index in [1.165, 1.54) is 0 Å². The maximum absolute atomic E-state index is 12.2. The lowest BCUT2D eigenvalue weighted by molar-refractivity contribution is -0.121. The Bertz CT molecular complexity index is 561. The number of nitrogens with zero attached hydrogens (tertiary/aromatic N) is 1. The third kappa shape index (κ3) is 5.62. The third-order valence-electron chi connectivity index (χ3n) is 3.61. The van der Waals surface area contributed by atoms with E-state index in [1.807, 2.05) is 13.8 Å². The average molecular weight is 334 g/mol. The van der Waals surface area contributed by atoms with Crippen LogP contribution < -0.4 is 5.32 Å². The summed E-state index contributed by atoms with van der Waals surface area (Å²) in [6.45, 7) is 9.45. The number of amides is 1. The van der Waals surface area contributed by atoms with Crippen molar-refractivity contribution in [1.82, 2.24) is 4.90 Å². The molecule has 0 aromatic heterocycles. The predicted molar refractivity (Wildman–Crippen MR) is 92.1 cm³/mol. The Balaban J connectivity index is 1.86. The van der Waals surface area contributed by atoms with Gasteiger partial charge in [0.05, 0.1) is 30.4 Å². The normalized spacial score (nSPS) is 21.5. The van der Waals surface area contributed by atoms with E-state index in [4.69, 9.17) is 9.47 Å². The summed E-state index contributed by atoms with van der Waals surface area (Å²) in [5.41, 5.74) is 1.13. The smallest absolute Gasteiger partial charge is 0.338 e. The Kier molecular flexibility index (Phi) is 6.34. The molecule has 0 bridgehead atoms. The maximum atomic E-state index is 12.2. The minimum Gasteiger partial charge on any atom is -0.459 e.